The van der Waals surface area contributed by atoms with Gasteiger partial charge in [-0.25, -0.2) is 9.97 Å². The predicted molar refractivity (Wildman–Crippen MR) is 82.0 cm³/mol. The van der Waals surface area contributed by atoms with Crippen LogP contribution in [-0.4, -0.2) is 27.6 Å². The Balaban J connectivity index is 0.00000147. The van der Waals surface area contributed by atoms with Crippen LogP contribution >= 0.6 is 23.7 Å². The molecule has 0 fully saturated rings. The number of aromatic nitrogens is 2. The first-order chi connectivity index (χ1) is 9.25. The Bertz CT molecular complexity index is 629. The van der Waals surface area contributed by atoms with E-state index < -0.39 is 5.97 Å². The van der Waals surface area contributed by atoms with E-state index in [9.17, 15) is 4.79 Å². The van der Waals surface area contributed by atoms with Crippen molar-refractivity contribution in [3.63, 3.8) is 0 Å². The molecule has 0 aromatic carbocycles. The van der Waals surface area contributed by atoms with Crippen molar-refractivity contribution >= 4 is 45.7 Å². The van der Waals surface area contributed by atoms with Gasteiger partial charge < -0.3 is 10.4 Å². The summed E-state index contributed by atoms with van der Waals surface area (Å²) >= 11 is 1.75. The standard InChI is InChI=1S/C13H15N3O2S.ClH/c17-10(18)5-6-14-12-11-8-3-1-2-4-9(8)19-13(11)16-7-15-12;/h7H,1-6H2,(H,17,18)(H,14,15,16);1H. The number of rotatable bonds is 4. The molecule has 0 spiro atoms. The topological polar surface area (TPSA) is 75.1 Å². The quantitative estimate of drug-likeness (QED) is 0.907. The van der Waals surface area contributed by atoms with E-state index in [1.807, 2.05) is 0 Å². The molecular formula is C13H16ClN3O2S. The van der Waals surface area contributed by atoms with Crippen LogP contribution in [0.25, 0.3) is 10.2 Å². The number of carboxylic acid groups (broad SMARTS) is 1. The van der Waals surface area contributed by atoms with Gasteiger partial charge in [-0.1, -0.05) is 0 Å². The van der Waals surface area contributed by atoms with Gasteiger partial charge in [-0.3, -0.25) is 4.79 Å². The molecule has 2 N–H and O–H groups in total. The highest BCUT2D eigenvalue weighted by Crippen LogP contribution is 2.37. The predicted octanol–water partition coefficient (Wildman–Crippen LogP) is 2.88. The van der Waals surface area contributed by atoms with Gasteiger partial charge in [0.15, 0.2) is 0 Å². The maximum Gasteiger partial charge on any atom is 0.305 e. The summed E-state index contributed by atoms with van der Waals surface area (Å²) in [6.07, 6.45) is 6.31. The van der Waals surface area contributed by atoms with Gasteiger partial charge >= 0.3 is 5.97 Å². The molecule has 2 aromatic rings. The number of carboxylic acids is 1. The van der Waals surface area contributed by atoms with E-state index in [1.54, 1.807) is 17.7 Å². The number of anilines is 1. The minimum Gasteiger partial charge on any atom is -0.481 e. The molecule has 0 aliphatic heterocycles. The van der Waals surface area contributed by atoms with Crippen LogP contribution in [0, 0.1) is 0 Å². The van der Waals surface area contributed by atoms with Crippen LogP contribution in [0.5, 0.6) is 0 Å². The van der Waals surface area contributed by atoms with Gasteiger partial charge in [-0.15, -0.1) is 23.7 Å². The minimum absolute atomic E-state index is 0. The largest absolute Gasteiger partial charge is 0.481 e. The summed E-state index contributed by atoms with van der Waals surface area (Å²) in [7, 11) is 0. The number of fused-ring (bicyclic) bond motifs is 3. The second kappa shape index (κ2) is 6.37. The molecule has 3 rings (SSSR count). The molecule has 0 bridgehead atoms. The number of nitrogens with zero attached hydrogens (tertiary/aromatic N) is 2. The monoisotopic (exact) mass is 313 g/mol. The van der Waals surface area contributed by atoms with Crippen molar-refractivity contribution in [3.05, 3.63) is 16.8 Å². The van der Waals surface area contributed by atoms with Gasteiger partial charge in [0.2, 0.25) is 0 Å². The lowest BCUT2D eigenvalue weighted by molar-refractivity contribution is -0.136. The Kier molecular flexibility index (Phi) is 4.77. The van der Waals surface area contributed by atoms with E-state index in [1.165, 1.54) is 23.3 Å². The van der Waals surface area contributed by atoms with Gasteiger partial charge in [-0.2, -0.15) is 0 Å². The van der Waals surface area contributed by atoms with Crippen LogP contribution in [0.3, 0.4) is 0 Å². The lowest BCUT2D eigenvalue weighted by atomic mass is 9.97. The summed E-state index contributed by atoms with van der Waals surface area (Å²) in [6, 6.07) is 0. The average Bonchev–Trinajstić information content (AvgIpc) is 2.77. The first-order valence-corrected chi connectivity index (χ1v) is 7.28. The highest BCUT2D eigenvalue weighted by atomic mass is 35.5. The molecule has 0 saturated carbocycles. The normalized spacial score (nSPS) is 13.6. The van der Waals surface area contributed by atoms with Crippen molar-refractivity contribution in [1.29, 1.82) is 0 Å². The number of halogens is 1. The maximum atomic E-state index is 10.6. The Morgan fingerprint density at radius 2 is 2.15 bits per heavy atom. The molecule has 0 saturated heterocycles. The van der Waals surface area contributed by atoms with Crippen LogP contribution in [0.2, 0.25) is 0 Å². The number of aryl methyl sites for hydroxylation is 2. The Morgan fingerprint density at radius 1 is 1.35 bits per heavy atom. The second-order valence-electron chi connectivity index (χ2n) is 4.68. The number of thiophene rings is 1. The average molecular weight is 314 g/mol. The van der Waals surface area contributed by atoms with E-state index in [2.05, 4.69) is 15.3 Å². The summed E-state index contributed by atoms with van der Waals surface area (Å²) in [5, 5.41) is 12.9. The van der Waals surface area contributed by atoms with Crippen LogP contribution in [0.4, 0.5) is 5.82 Å². The molecular weight excluding hydrogens is 298 g/mol. The Morgan fingerprint density at radius 3 is 2.95 bits per heavy atom. The molecule has 1 aliphatic rings. The lowest BCUT2D eigenvalue weighted by Gasteiger charge is -2.12. The summed E-state index contributed by atoms with van der Waals surface area (Å²) in [5.74, 6) is -0.0178. The van der Waals surface area contributed by atoms with Crippen LogP contribution < -0.4 is 5.32 Å². The van der Waals surface area contributed by atoms with E-state index in [-0.39, 0.29) is 18.8 Å². The summed E-state index contributed by atoms with van der Waals surface area (Å²) in [6.45, 7) is 0.395. The first-order valence-electron chi connectivity index (χ1n) is 6.46. The molecule has 0 radical (unpaired) electrons. The number of hydrogen-bond donors (Lipinski definition) is 2. The number of nitrogens with one attached hydrogen (secondary N) is 1. The van der Waals surface area contributed by atoms with Crippen LogP contribution in [0.15, 0.2) is 6.33 Å². The number of carbonyl (C=O) groups is 1. The van der Waals surface area contributed by atoms with Crippen molar-refractivity contribution in [1.82, 2.24) is 9.97 Å². The SMILES string of the molecule is Cl.O=C(O)CCNc1ncnc2sc3c(c12)CCCC3. The summed E-state index contributed by atoms with van der Waals surface area (Å²) < 4.78 is 0. The number of aliphatic carboxylic acids is 1. The van der Waals surface area contributed by atoms with Crippen molar-refractivity contribution in [2.24, 2.45) is 0 Å². The third-order valence-electron chi connectivity index (χ3n) is 3.38. The highest BCUT2D eigenvalue weighted by molar-refractivity contribution is 7.19. The molecule has 0 atom stereocenters. The molecule has 20 heavy (non-hydrogen) atoms. The summed E-state index contributed by atoms with van der Waals surface area (Å²) in [5.41, 5.74) is 1.37. The molecule has 5 nitrogen and oxygen atoms in total. The molecule has 0 unspecified atom stereocenters. The fourth-order valence-corrected chi connectivity index (χ4v) is 3.74. The van der Waals surface area contributed by atoms with Gasteiger partial charge in [0.05, 0.1) is 11.8 Å². The Labute approximate surface area is 126 Å². The smallest absolute Gasteiger partial charge is 0.305 e. The molecule has 2 aromatic heterocycles. The van der Waals surface area contributed by atoms with Crippen LogP contribution in [0.1, 0.15) is 29.7 Å². The first kappa shape index (κ1) is 15.0. The Hall–Kier alpha value is -1.40. The highest BCUT2D eigenvalue weighted by Gasteiger charge is 2.19. The van der Waals surface area contributed by atoms with Gasteiger partial charge in [-0.05, 0) is 31.2 Å². The minimum atomic E-state index is -0.801. The zero-order valence-corrected chi connectivity index (χ0v) is 12.5. The fourth-order valence-electron chi connectivity index (χ4n) is 2.51. The molecule has 2 heterocycles. The third-order valence-corrected chi connectivity index (χ3v) is 4.58. The zero-order valence-electron chi connectivity index (χ0n) is 10.9. The molecule has 7 heteroatoms. The zero-order chi connectivity index (χ0) is 13.2. The van der Waals surface area contributed by atoms with E-state index in [0.29, 0.717) is 6.54 Å². The summed E-state index contributed by atoms with van der Waals surface area (Å²) in [4.78, 5) is 21.6. The van der Waals surface area contributed by atoms with Gasteiger partial charge in [0.25, 0.3) is 0 Å². The lowest BCUT2D eigenvalue weighted by Crippen LogP contribution is -2.09. The second-order valence-corrected chi connectivity index (χ2v) is 5.77. The van der Waals surface area contributed by atoms with Crippen molar-refractivity contribution in [2.75, 3.05) is 11.9 Å². The van der Waals surface area contributed by atoms with Crippen molar-refractivity contribution in [2.45, 2.75) is 32.1 Å². The van der Waals surface area contributed by atoms with E-state index in [4.69, 9.17) is 5.11 Å². The van der Waals surface area contributed by atoms with E-state index in [0.717, 1.165) is 28.9 Å². The van der Waals surface area contributed by atoms with Crippen molar-refractivity contribution < 1.29 is 9.90 Å². The molecule has 108 valence electrons. The molecule has 0 amide bonds. The van der Waals surface area contributed by atoms with E-state index >= 15 is 0 Å². The third kappa shape index (κ3) is 2.86. The fraction of sp³-hybridized carbons (Fsp3) is 0.462. The molecule has 1 aliphatic carbocycles. The number of hydrogen-bond acceptors (Lipinski definition) is 5. The van der Waals surface area contributed by atoms with Gasteiger partial charge in [0, 0.05) is 11.4 Å². The van der Waals surface area contributed by atoms with Crippen molar-refractivity contribution in [3.8, 4) is 0 Å². The van der Waals surface area contributed by atoms with Crippen LogP contribution in [-0.2, 0) is 17.6 Å². The van der Waals surface area contributed by atoms with Gasteiger partial charge in [0.1, 0.15) is 17.0 Å². The maximum absolute atomic E-state index is 10.6.